The first kappa shape index (κ1) is 23.6. The Morgan fingerprint density at radius 2 is 1.86 bits per heavy atom. The standard InChI is InChI=1S/C30H35N3O2/c1-30(2)19-23-11-13-25(18-27(23)32-29(30)35)31-28(34)22-12-14-26(21-9-5-3-6-10-21)24(17-22)20-33-15-7-4-8-16-33/h3,5-6,9-14,17-18,24,26H,4,7-8,15-16,19-20H2,1-2H3,(H,31,34)(H,32,35). The van der Waals surface area contributed by atoms with Gasteiger partial charge in [-0.25, -0.2) is 0 Å². The molecule has 5 rings (SSSR count). The van der Waals surface area contributed by atoms with E-state index in [0.29, 0.717) is 17.7 Å². The van der Waals surface area contributed by atoms with E-state index in [0.717, 1.165) is 30.9 Å². The van der Waals surface area contributed by atoms with E-state index < -0.39 is 5.41 Å². The fourth-order valence-corrected chi connectivity index (χ4v) is 5.51. The predicted octanol–water partition coefficient (Wildman–Crippen LogP) is 5.53. The number of carbonyl (C=O) groups excluding carboxylic acids is 2. The Balaban J connectivity index is 1.34. The van der Waals surface area contributed by atoms with Gasteiger partial charge >= 0.3 is 0 Å². The molecule has 0 bridgehead atoms. The van der Waals surface area contributed by atoms with Gasteiger partial charge in [0.25, 0.3) is 5.91 Å². The molecular weight excluding hydrogens is 434 g/mol. The number of anilines is 2. The summed E-state index contributed by atoms with van der Waals surface area (Å²) in [5, 5.41) is 6.05. The highest BCUT2D eigenvalue weighted by molar-refractivity contribution is 6.06. The summed E-state index contributed by atoms with van der Waals surface area (Å²) < 4.78 is 0. The minimum absolute atomic E-state index is 0.0129. The lowest BCUT2D eigenvalue weighted by Crippen LogP contribution is -2.37. The van der Waals surface area contributed by atoms with Crippen LogP contribution in [0, 0.1) is 11.3 Å². The second-order valence-corrected chi connectivity index (χ2v) is 10.8. The first-order valence-corrected chi connectivity index (χ1v) is 12.8. The SMILES string of the molecule is CC1(C)Cc2ccc(NC(=O)C3=CC(CN4CCCCC4)C(c4ccccc4)C=C3)cc2NC1=O. The molecule has 3 aliphatic rings. The number of nitrogens with zero attached hydrogens (tertiary/aromatic N) is 1. The molecule has 2 atom stereocenters. The molecule has 5 heteroatoms. The summed E-state index contributed by atoms with van der Waals surface area (Å²) in [5.74, 6) is 0.404. The van der Waals surface area contributed by atoms with Gasteiger partial charge in [0.1, 0.15) is 0 Å². The zero-order valence-electron chi connectivity index (χ0n) is 20.7. The summed E-state index contributed by atoms with van der Waals surface area (Å²) in [6.45, 7) is 7.13. The molecule has 1 saturated heterocycles. The lowest BCUT2D eigenvalue weighted by molar-refractivity contribution is -0.124. The maximum absolute atomic E-state index is 13.3. The molecule has 35 heavy (non-hydrogen) atoms. The van der Waals surface area contributed by atoms with E-state index >= 15 is 0 Å². The van der Waals surface area contributed by atoms with Crippen molar-refractivity contribution in [2.24, 2.45) is 11.3 Å². The summed E-state index contributed by atoms with van der Waals surface area (Å²) in [7, 11) is 0. The Labute approximate surface area is 208 Å². The number of amides is 2. The van der Waals surface area contributed by atoms with E-state index in [4.69, 9.17) is 0 Å². The van der Waals surface area contributed by atoms with Crippen LogP contribution in [-0.4, -0.2) is 36.3 Å². The lowest BCUT2D eigenvalue weighted by atomic mass is 9.80. The third-order valence-corrected chi connectivity index (χ3v) is 7.57. The maximum atomic E-state index is 13.3. The molecule has 2 heterocycles. The number of nitrogens with one attached hydrogen (secondary N) is 2. The zero-order chi connectivity index (χ0) is 24.4. The van der Waals surface area contributed by atoms with Crippen molar-refractivity contribution in [3.63, 3.8) is 0 Å². The van der Waals surface area contributed by atoms with Gasteiger partial charge < -0.3 is 15.5 Å². The van der Waals surface area contributed by atoms with E-state index in [1.807, 2.05) is 44.2 Å². The zero-order valence-corrected chi connectivity index (χ0v) is 20.7. The summed E-state index contributed by atoms with van der Waals surface area (Å²) in [6, 6.07) is 16.4. The Morgan fingerprint density at radius 3 is 2.63 bits per heavy atom. The number of piperidine rings is 1. The molecule has 0 spiro atoms. The van der Waals surface area contributed by atoms with Crippen LogP contribution in [0.3, 0.4) is 0 Å². The van der Waals surface area contributed by atoms with E-state index in [-0.39, 0.29) is 23.7 Å². The second kappa shape index (κ2) is 9.82. The van der Waals surface area contributed by atoms with Crippen LogP contribution >= 0.6 is 0 Å². The Kier molecular flexibility index (Phi) is 6.61. The van der Waals surface area contributed by atoms with Crippen LogP contribution in [0.15, 0.2) is 72.3 Å². The van der Waals surface area contributed by atoms with Gasteiger partial charge in [-0.05, 0) is 55.6 Å². The largest absolute Gasteiger partial charge is 0.325 e. The van der Waals surface area contributed by atoms with Gasteiger partial charge in [-0.1, -0.05) is 74.9 Å². The Bertz CT molecular complexity index is 1160. The summed E-state index contributed by atoms with van der Waals surface area (Å²) in [6.07, 6.45) is 10.8. The van der Waals surface area contributed by atoms with Gasteiger partial charge in [0.2, 0.25) is 5.91 Å². The van der Waals surface area contributed by atoms with Crippen molar-refractivity contribution in [2.75, 3.05) is 30.3 Å². The first-order valence-electron chi connectivity index (χ1n) is 12.8. The summed E-state index contributed by atoms with van der Waals surface area (Å²) >= 11 is 0. The molecule has 0 radical (unpaired) electrons. The summed E-state index contributed by atoms with van der Waals surface area (Å²) in [4.78, 5) is 28.2. The number of carbonyl (C=O) groups is 2. The smallest absolute Gasteiger partial charge is 0.255 e. The molecule has 2 unspecified atom stereocenters. The van der Waals surface area contributed by atoms with Gasteiger partial charge in [-0.3, -0.25) is 9.59 Å². The van der Waals surface area contributed by atoms with Crippen LogP contribution in [0.25, 0.3) is 0 Å². The number of rotatable bonds is 5. The monoisotopic (exact) mass is 469 g/mol. The fraction of sp³-hybridized carbons (Fsp3) is 0.400. The lowest BCUT2D eigenvalue weighted by Gasteiger charge is -2.34. The van der Waals surface area contributed by atoms with Crippen LogP contribution in [0.4, 0.5) is 11.4 Å². The van der Waals surface area contributed by atoms with Gasteiger partial charge in [0, 0.05) is 40.7 Å². The van der Waals surface area contributed by atoms with Crippen molar-refractivity contribution < 1.29 is 9.59 Å². The van der Waals surface area contributed by atoms with Crippen molar-refractivity contribution in [3.05, 3.63) is 83.5 Å². The van der Waals surface area contributed by atoms with Crippen LogP contribution in [-0.2, 0) is 16.0 Å². The molecule has 0 saturated carbocycles. The number of allylic oxidation sites excluding steroid dienone is 1. The van der Waals surface area contributed by atoms with Crippen molar-refractivity contribution in [3.8, 4) is 0 Å². The first-order chi connectivity index (χ1) is 16.9. The van der Waals surface area contributed by atoms with E-state index in [1.165, 1.54) is 24.8 Å². The van der Waals surface area contributed by atoms with Crippen molar-refractivity contribution in [2.45, 2.75) is 45.4 Å². The van der Waals surface area contributed by atoms with Gasteiger partial charge in [0.15, 0.2) is 0 Å². The molecular formula is C30H35N3O2. The van der Waals surface area contributed by atoms with E-state index in [1.54, 1.807) is 0 Å². The minimum Gasteiger partial charge on any atom is -0.325 e. The van der Waals surface area contributed by atoms with E-state index in [9.17, 15) is 9.59 Å². The Hall–Kier alpha value is -3.18. The molecule has 5 nitrogen and oxygen atoms in total. The van der Waals surface area contributed by atoms with Crippen molar-refractivity contribution >= 4 is 23.2 Å². The van der Waals surface area contributed by atoms with Gasteiger partial charge in [-0.15, -0.1) is 0 Å². The topological polar surface area (TPSA) is 61.4 Å². The average molecular weight is 470 g/mol. The molecule has 2 aromatic rings. The van der Waals surface area contributed by atoms with Gasteiger partial charge in [-0.2, -0.15) is 0 Å². The normalized spacial score (nSPS) is 23.7. The third-order valence-electron chi connectivity index (χ3n) is 7.57. The van der Waals surface area contributed by atoms with Crippen LogP contribution in [0.2, 0.25) is 0 Å². The molecule has 1 fully saturated rings. The molecule has 2 amide bonds. The molecule has 1 aliphatic carbocycles. The van der Waals surface area contributed by atoms with Crippen LogP contribution in [0.5, 0.6) is 0 Å². The predicted molar refractivity (Wildman–Crippen MR) is 141 cm³/mol. The van der Waals surface area contributed by atoms with Crippen molar-refractivity contribution in [1.29, 1.82) is 0 Å². The molecule has 2 aromatic carbocycles. The highest BCUT2D eigenvalue weighted by Gasteiger charge is 2.33. The summed E-state index contributed by atoms with van der Waals surface area (Å²) in [5.41, 5.74) is 4.13. The quantitative estimate of drug-likeness (QED) is 0.605. The van der Waals surface area contributed by atoms with Crippen LogP contribution < -0.4 is 10.6 Å². The number of fused-ring (bicyclic) bond motifs is 1. The van der Waals surface area contributed by atoms with Gasteiger partial charge in [0.05, 0.1) is 0 Å². The highest BCUT2D eigenvalue weighted by atomic mass is 16.2. The number of likely N-dealkylation sites (tertiary alicyclic amines) is 1. The van der Waals surface area contributed by atoms with Crippen molar-refractivity contribution in [1.82, 2.24) is 4.90 Å². The highest BCUT2D eigenvalue weighted by Crippen LogP contribution is 2.36. The molecule has 182 valence electrons. The molecule has 2 aliphatic heterocycles. The number of hydrogen-bond acceptors (Lipinski definition) is 3. The number of benzene rings is 2. The average Bonchev–Trinajstić information content (AvgIpc) is 2.86. The van der Waals surface area contributed by atoms with Crippen LogP contribution in [0.1, 0.15) is 50.2 Å². The molecule has 0 aromatic heterocycles. The Morgan fingerprint density at radius 1 is 1.09 bits per heavy atom. The second-order valence-electron chi connectivity index (χ2n) is 10.8. The minimum atomic E-state index is -0.422. The third kappa shape index (κ3) is 5.25. The fourth-order valence-electron chi connectivity index (χ4n) is 5.51. The number of hydrogen-bond donors (Lipinski definition) is 2. The van der Waals surface area contributed by atoms with E-state index in [2.05, 4.69) is 52.0 Å². The maximum Gasteiger partial charge on any atom is 0.255 e. The molecule has 2 N–H and O–H groups in total.